The van der Waals surface area contributed by atoms with E-state index in [1.807, 2.05) is 7.05 Å². The minimum absolute atomic E-state index is 0.339. The number of anilines is 1. The lowest BCUT2D eigenvalue weighted by Crippen LogP contribution is -2.07. The summed E-state index contributed by atoms with van der Waals surface area (Å²) < 4.78 is 17.4. The van der Waals surface area contributed by atoms with Crippen molar-refractivity contribution >= 4 is 34.7 Å². The molecule has 0 fully saturated rings. The second-order valence-corrected chi connectivity index (χ2v) is 6.44. The van der Waals surface area contributed by atoms with Crippen molar-refractivity contribution in [1.82, 2.24) is 24.4 Å². The van der Waals surface area contributed by atoms with Gasteiger partial charge >= 0.3 is 0 Å². The molecule has 0 spiro atoms. The van der Waals surface area contributed by atoms with Gasteiger partial charge in [0.15, 0.2) is 11.5 Å². The average molecular weight is 391 g/mol. The van der Waals surface area contributed by atoms with Gasteiger partial charge in [0.1, 0.15) is 16.8 Å². The second kappa shape index (κ2) is 6.59. The van der Waals surface area contributed by atoms with Crippen LogP contribution in [0.1, 0.15) is 5.69 Å². The lowest BCUT2D eigenvalue weighted by Gasteiger charge is -2.08. The van der Waals surface area contributed by atoms with Crippen LogP contribution in [0.25, 0.3) is 17.0 Å². The first-order valence-electron chi connectivity index (χ1n) is 7.75. The van der Waals surface area contributed by atoms with Crippen LogP contribution < -0.4 is 5.32 Å². The molecular formula is C17H13Cl2FN6. The number of halogens is 3. The predicted octanol–water partition coefficient (Wildman–Crippen LogP) is 4.19. The molecular weight excluding hydrogens is 378 g/mol. The maximum Gasteiger partial charge on any atom is 0.188 e. The Bertz CT molecular complexity index is 1100. The fourth-order valence-corrected chi connectivity index (χ4v) is 3.05. The zero-order valence-corrected chi connectivity index (χ0v) is 15.1. The molecule has 0 aliphatic heterocycles. The van der Waals surface area contributed by atoms with Gasteiger partial charge < -0.3 is 9.88 Å². The number of nitrogens with one attached hydrogen (secondary N) is 1. The number of hydrogen-bond donors (Lipinski definition) is 1. The molecule has 0 saturated heterocycles. The first-order valence-corrected chi connectivity index (χ1v) is 8.51. The lowest BCUT2D eigenvalue weighted by molar-refractivity contribution is 0.629. The van der Waals surface area contributed by atoms with Crippen LogP contribution in [0.5, 0.6) is 0 Å². The van der Waals surface area contributed by atoms with Crippen LogP contribution in [0.4, 0.5) is 10.2 Å². The van der Waals surface area contributed by atoms with E-state index in [4.69, 9.17) is 23.2 Å². The number of nitrogens with zero attached hydrogens (tertiary/aromatic N) is 5. The number of benzene rings is 1. The summed E-state index contributed by atoms with van der Waals surface area (Å²) in [6.45, 7) is 0.471. The molecule has 0 bridgehead atoms. The van der Waals surface area contributed by atoms with Crippen LogP contribution >= 0.6 is 23.2 Å². The lowest BCUT2D eigenvalue weighted by atomic mass is 10.2. The van der Waals surface area contributed by atoms with E-state index in [0.717, 1.165) is 5.69 Å². The minimum atomic E-state index is -0.380. The largest absolute Gasteiger partial charge is 0.363 e. The molecule has 6 nitrogen and oxygen atoms in total. The Labute approximate surface area is 158 Å². The standard InChI is InChI=1S/C17H13Cl2FN6/c1-25-10(8-12(18)16(25)19)9-21-14-6-7-15-22-23-17(26(15)24-14)11-4-2-3-5-13(11)20/h2-8H,9H2,1H3,(H,21,24). The molecule has 1 aromatic carbocycles. The van der Waals surface area contributed by atoms with Crippen molar-refractivity contribution in [3.05, 3.63) is 64.2 Å². The summed E-state index contributed by atoms with van der Waals surface area (Å²) >= 11 is 12.1. The third-order valence-corrected chi connectivity index (χ3v) is 4.89. The summed E-state index contributed by atoms with van der Waals surface area (Å²) in [6, 6.07) is 11.7. The summed E-state index contributed by atoms with van der Waals surface area (Å²) in [7, 11) is 1.83. The van der Waals surface area contributed by atoms with E-state index in [1.165, 1.54) is 10.6 Å². The van der Waals surface area contributed by atoms with Gasteiger partial charge in [0.25, 0.3) is 0 Å². The van der Waals surface area contributed by atoms with E-state index in [-0.39, 0.29) is 5.82 Å². The van der Waals surface area contributed by atoms with E-state index in [1.54, 1.807) is 41.0 Å². The van der Waals surface area contributed by atoms with E-state index < -0.39 is 0 Å². The van der Waals surface area contributed by atoms with Gasteiger partial charge in [-0.05, 0) is 30.3 Å². The predicted molar refractivity (Wildman–Crippen MR) is 98.9 cm³/mol. The van der Waals surface area contributed by atoms with Crippen molar-refractivity contribution in [1.29, 1.82) is 0 Å². The molecule has 9 heteroatoms. The van der Waals surface area contributed by atoms with Crippen LogP contribution in [0.3, 0.4) is 0 Å². The Morgan fingerprint density at radius 3 is 2.65 bits per heavy atom. The van der Waals surface area contributed by atoms with Gasteiger partial charge in [-0.3, -0.25) is 0 Å². The quantitative estimate of drug-likeness (QED) is 0.567. The molecule has 132 valence electrons. The van der Waals surface area contributed by atoms with Crippen LogP contribution in [0.2, 0.25) is 10.2 Å². The first kappa shape index (κ1) is 16.8. The number of fused-ring (bicyclic) bond motifs is 1. The second-order valence-electron chi connectivity index (χ2n) is 5.68. The molecule has 0 atom stereocenters. The van der Waals surface area contributed by atoms with Gasteiger partial charge in [-0.2, -0.15) is 4.52 Å². The van der Waals surface area contributed by atoms with Crippen molar-refractivity contribution in [3.8, 4) is 11.4 Å². The molecule has 0 amide bonds. The molecule has 4 rings (SSSR count). The van der Waals surface area contributed by atoms with Crippen molar-refractivity contribution < 1.29 is 4.39 Å². The Hall–Kier alpha value is -2.64. The summed E-state index contributed by atoms with van der Waals surface area (Å²) in [5, 5.41) is 16.7. The van der Waals surface area contributed by atoms with E-state index in [2.05, 4.69) is 20.6 Å². The molecule has 4 aromatic rings. The first-order chi connectivity index (χ1) is 12.5. The Kier molecular flexibility index (Phi) is 4.26. The molecule has 0 aliphatic carbocycles. The third kappa shape index (κ3) is 2.89. The fraction of sp³-hybridized carbons (Fsp3) is 0.118. The van der Waals surface area contributed by atoms with Crippen molar-refractivity contribution in [2.24, 2.45) is 7.05 Å². The summed E-state index contributed by atoms with van der Waals surface area (Å²) in [4.78, 5) is 0. The highest BCUT2D eigenvalue weighted by molar-refractivity contribution is 6.41. The molecule has 0 saturated carbocycles. The zero-order valence-electron chi connectivity index (χ0n) is 13.6. The molecule has 26 heavy (non-hydrogen) atoms. The normalized spacial score (nSPS) is 11.2. The SMILES string of the molecule is Cn1c(CNc2ccc3nnc(-c4ccccc4F)n3n2)cc(Cl)c1Cl. The monoisotopic (exact) mass is 390 g/mol. The highest BCUT2D eigenvalue weighted by atomic mass is 35.5. The van der Waals surface area contributed by atoms with Gasteiger partial charge in [-0.15, -0.1) is 15.3 Å². The van der Waals surface area contributed by atoms with Gasteiger partial charge in [-0.25, -0.2) is 4.39 Å². The van der Waals surface area contributed by atoms with Gasteiger partial charge in [0, 0.05) is 12.7 Å². The molecule has 3 aromatic heterocycles. The topological polar surface area (TPSA) is 60.0 Å². The van der Waals surface area contributed by atoms with Crippen molar-refractivity contribution in [2.75, 3.05) is 5.32 Å². The third-order valence-electron chi connectivity index (χ3n) is 4.04. The van der Waals surface area contributed by atoms with Crippen LogP contribution in [0, 0.1) is 5.82 Å². The van der Waals surface area contributed by atoms with E-state index >= 15 is 0 Å². The summed E-state index contributed by atoms with van der Waals surface area (Å²) in [5.74, 6) is 0.546. The van der Waals surface area contributed by atoms with E-state index in [9.17, 15) is 4.39 Å². The minimum Gasteiger partial charge on any atom is -0.363 e. The highest BCUT2D eigenvalue weighted by Gasteiger charge is 2.14. The Morgan fingerprint density at radius 2 is 1.92 bits per heavy atom. The smallest absolute Gasteiger partial charge is 0.188 e. The van der Waals surface area contributed by atoms with Gasteiger partial charge in [0.05, 0.1) is 17.1 Å². The molecule has 0 unspecified atom stereocenters. The van der Waals surface area contributed by atoms with Gasteiger partial charge in [0.2, 0.25) is 0 Å². The molecule has 3 heterocycles. The zero-order chi connectivity index (χ0) is 18.3. The molecule has 1 N–H and O–H groups in total. The maximum absolute atomic E-state index is 14.1. The highest BCUT2D eigenvalue weighted by Crippen LogP contribution is 2.26. The molecule has 0 aliphatic rings. The number of rotatable bonds is 4. The van der Waals surface area contributed by atoms with Crippen LogP contribution in [0.15, 0.2) is 42.5 Å². The Morgan fingerprint density at radius 1 is 1.12 bits per heavy atom. The van der Waals surface area contributed by atoms with Crippen molar-refractivity contribution in [3.63, 3.8) is 0 Å². The van der Waals surface area contributed by atoms with Crippen LogP contribution in [-0.2, 0) is 13.6 Å². The maximum atomic E-state index is 14.1. The number of hydrogen-bond acceptors (Lipinski definition) is 4. The Balaban J connectivity index is 1.66. The number of aromatic nitrogens is 5. The van der Waals surface area contributed by atoms with Gasteiger partial charge in [-0.1, -0.05) is 35.3 Å². The summed E-state index contributed by atoms with van der Waals surface area (Å²) in [6.07, 6.45) is 0. The average Bonchev–Trinajstić information content (AvgIpc) is 3.16. The summed E-state index contributed by atoms with van der Waals surface area (Å²) in [5.41, 5.74) is 1.77. The van der Waals surface area contributed by atoms with Crippen molar-refractivity contribution in [2.45, 2.75) is 6.54 Å². The van der Waals surface area contributed by atoms with Crippen LogP contribution in [-0.4, -0.2) is 24.4 Å². The fourth-order valence-electron chi connectivity index (χ4n) is 2.63. The van der Waals surface area contributed by atoms with E-state index in [0.29, 0.717) is 39.6 Å². The molecule has 0 radical (unpaired) electrons.